The van der Waals surface area contributed by atoms with Gasteiger partial charge in [-0.1, -0.05) is 6.07 Å². The van der Waals surface area contributed by atoms with E-state index in [1.807, 2.05) is 29.2 Å². The third-order valence-corrected chi connectivity index (χ3v) is 6.39. The Balaban J connectivity index is 1.04. The fourth-order valence-electron chi connectivity index (χ4n) is 4.63. The van der Waals surface area contributed by atoms with E-state index in [-0.39, 0.29) is 24.9 Å². The van der Waals surface area contributed by atoms with Crippen LogP contribution >= 0.6 is 0 Å². The first-order valence-electron chi connectivity index (χ1n) is 11.6. The number of aromatic nitrogens is 1. The van der Waals surface area contributed by atoms with Crippen LogP contribution in [0.25, 0.3) is 0 Å². The average Bonchev–Trinajstić information content (AvgIpc) is 3.45. The molecule has 0 radical (unpaired) electrons. The molecule has 174 valence electrons. The molecule has 3 amide bonds. The number of anilines is 2. The van der Waals surface area contributed by atoms with E-state index in [2.05, 4.69) is 20.5 Å². The van der Waals surface area contributed by atoms with Gasteiger partial charge in [0.2, 0.25) is 5.91 Å². The van der Waals surface area contributed by atoms with Crippen molar-refractivity contribution >= 4 is 23.4 Å². The summed E-state index contributed by atoms with van der Waals surface area (Å²) in [6, 6.07) is 10.9. The van der Waals surface area contributed by atoms with E-state index in [1.165, 1.54) is 0 Å². The average molecular weight is 452 g/mol. The lowest BCUT2D eigenvalue weighted by atomic mass is 10.2. The number of amides is 3. The number of ether oxygens (including phenoxy) is 2. The minimum atomic E-state index is -0.521. The number of piperazine rings is 1. The van der Waals surface area contributed by atoms with Crippen LogP contribution in [-0.2, 0) is 4.79 Å². The Bertz CT molecular complexity index is 1000. The van der Waals surface area contributed by atoms with Crippen LogP contribution in [0.3, 0.4) is 0 Å². The van der Waals surface area contributed by atoms with Crippen LogP contribution in [0.4, 0.5) is 16.3 Å². The number of rotatable bonds is 5. The first kappa shape index (κ1) is 21.4. The molecule has 2 fully saturated rings. The second-order valence-corrected chi connectivity index (χ2v) is 8.67. The number of nitrogens with zero attached hydrogens (tertiary/aromatic N) is 3. The normalized spacial score (nSPS) is 18.4. The lowest BCUT2D eigenvalue weighted by Crippen LogP contribution is -2.49. The molecule has 1 saturated carbocycles. The first-order valence-corrected chi connectivity index (χ1v) is 11.6. The van der Waals surface area contributed by atoms with Crippen LogP contribution in [0.5, 0.6) is 11.5 Å². The Morgan fingerprint density at radius 2 is 1.79 bits per heavy atom. The van der Waals surface area contributed by atoms with Crippen molar-refractivity contribution < 1.29 is 19.1 Å². The minimum Gasteiger partial charge on any atom is -0.448 e. The van der Waals surface area contributed by atoms with Crippen LogP contribution in [0.1, 0.15) is 32.1 Å². The van der Waals surface area contributed by atoms with Crippen LogP contribution in [0.2, 0.25) is 0 Å². The van der Waals surface area contributed by atoms with E-state index in [4.69, 9.17) is 9.47 Å². The van der Waals surface area contributed by atoms with Gasteiger partial charge in [-0.15, -0.1) is 0 Å². The van der Waals surface area contributed by atoms with Crippen molar-refractivity contribution in [2.75, 3.05) is 42.9 Å². The number of nitrogens with one attached hydrogen (secondary N) is 2. The number of hydrogen-bond acceptors (Lipinski definition) is 6. The molecule has 2 N–H and O–H groups in total. The van der Waals surface area contributed by atoms with E-state index in [1.54, 1.807) is 18.3 Å². The summed E-state index contributed by atoms with van der Waals surface area (Å²) in [4.78, 5) is 33.2. The molecule has 1 aromatic heterocycles. The summed E-state index contributed by atoms with van der Waals surface area (Å²) in [5.74, 6) is 1.84. The van der Waals surface area contributed by atoms with Crippen LogP contribution in [0.15, 0.2) is 42.6 Å². The molecule has 0 bridgehead atoms. The predicted molar refractivity (Wildman–Crippen MR) is 124 cm³/mol. The molecule has 2 aliphatic heterocycles. The Hall–Kier alpha value is -3.49. The van der Waals surface area contributed by atoms with Gasteiger partial charge in [0, 0.05) is 69.9 Å². The second kappa shape index (κ2) is 9.17. The molecule has 1 aliphatic carbocycles. The largest absolute Gasteiger partial charge is 0.448 e. The maximum atomic E-state index is 12.5. The fourth-order valence-corrected chi connectivity index (χ4v) is 4.63. The predicted octanol–water partition coefficient (Wildman–Crippen LogP) is 2.98. The molecule has 1 spiro atoms. The van der Waals surface area contributed by atoms with Gasteiger partial charge in [0.05, 0.1) is 0 Å². The number of pyridine rings is 1. The highest BCUT2D eigenvalue weighted by molar-refractivity contribution is 5.90. The van der Waals surface area contributed by atoms with Crippen molar-refractivity contribution in [1.29, 1.82) is 0 Å². The number of carbonyl (C=O) groups is 2. The maximum absolute atomic E-state index is 12.5. The summed E-state index contributed by atoms with van der Waals surface area (Å²) in [6.07, 6.45) is 6.01. The number of urea groups is 1. The standard InChI is InChI=1S/C24H29N5O4/c30-22(29-15-13-28(14-16-29)21-5-1-4-11-25-21)8-12-26-23(31)27-18-6-7-19-20(17-18)33-24(32-19)9-2-3-10-24/h1,4-7,11,17H,2-3,8-10,12-16H2,(H2,26,27,31). The maximum Gasteiger partial charge on any atom is 0.319 e. The van der Waals surface area contributed by atoms with Crippen molar-refractivity contribution in [2.24, 2.45) is 0 Å². The van der Waals surface area contributed by atoms with Gasteiger partial charge >= 0.3 is 6.03 Å². The van der Waals surface area contributed by atoms with Crippen molar-refractivity contribution in [3.05, 3.63) is 42.6 Å². The number of hydrogen-bond donors (Lipinski definition) is 2. The third-order valence-electron chi connectivity index (χ3n) is 6.39. The third kappa shape index (κ3) is 4.81. The summed E-state index contributed by atoms with van der Waals surface area (Å²) in [5, 5.41) is 5.57. The van der Waals surface area contributed by atoms with Crippen molar-refractivity contribution in [3.63, 3.8) is 0 Å². The molecule has 5 rings (SSSR count). The quantitative estimate of drug-likeness (QED) is 0.726. The number of benzene rings is 1. The van der Waals surface area contributed by atoms with Gasteiger partial charge in [0.15, 0.2) is 11.5 Å². The summed E-state index contributed by atoms with van der Waals surface area (Å²) >= 11 is 0. The van der Waals surface area contributed by atoms with E-state index < -0.39 is 5.79 Å². The highest BCUT2D eigenvalue weighted by Gasteiger charge is 2.44. The molecule has 1 saturated heterocycles. The highest BCUT2D eigenvalue weighted by atomic mass is 16.7. The van der Waals surface area contributed by atoms with Gasteiger partial charge in [0.1, 0.15) is 5.82 Å². The van der Waals surface area contributed by atoms with Crippen molar-refractivity contribution in [3.8, 4) is 11.5 Å². The highest BCUT2D eigenvalue weighted by Crippen LogP contribution is 2.47. The van der Waals surface area contributed by atoms with Crippen LogP contribution in [0, 0.1) is 0 Å². The molecular formula is C24H29N5O4. The molecule has 3 aliphatic rings. The minimum absolute atomic E-state index is 0.0425. The van der Waals surface area contributed by atoms with Gasteiger partial charge < -0.3 is 29.9 Å². The summed E-state index contributed by atoms with van der Waals surface area (Å²) < 4.78 is 12.0. The fraction of sp³-hybridized carbons (Fsp3) is 0.458. The topological polar surface area (TPSA) is 96.0 Å². The Kier molecular flexibility index (Phi) is 5.93. The molecule has 3 heterocycles. The summed E-state index contributed by atoms with van der Waals surface area (Å²) in [6.45, 7) is 3.09. The van der Waals surface area contributed by atoms with Gasteiger partial charge in [-0.2, -0.15) is 0 Å². The Morgan fingerprint density at radius 1 is 1.00 bits per heavy atom. The van der Waals surface area contributed by atoms with E-state index >= 15 is 0 Å². The Labute approximate surface area is 193 Å². The van der Waals surface area contributed by atoms with Gasteiger partial charge in [-0.25, -0.2) is 9.78 Å². The monoisotopic (exact) mass is 451 g/mol. The summed E-state index contributed by atoms with van der Waals surface area (Å²) in [7, 11) is 0. The summed E-state index contributed by atoms with van der Waals surface area (Å²) in [5.41, 5.74) is 0.627. The zero-order valence-electron chi connectivity index (χ0n) is 18.6. The van der Waals surface area contributed by atoms with Gasteiger partial charge in [-0.3, -0.25) is 4.79 Å². The molecule has 9 nitrogen and oxygen atoms in total. The zero-order valence-corrected chi connectivity index (χ0v) is 18.6. The van der Waals surface area contributed by atoms with Crippen molar-refractivity contribution in [1.82, 2.24) is 15.2 Å². The van der Waals surface area contributed by atoms with E-state index in [0.29, 0.717) is 24.5 Å². The molecule has 0 unspecified atom stereocenters. The number of fused-ring (bicyclic) bond motifs is 1. The van der Waals surface area contributed by atoms with Crippen LogP contribution < -0.4 is 25.0 Å². The second-order valence-electron chi connectivity index (χ2n) is 8.67. The lowest BCUT2D eigenvalue weighted by molar-refractivity contribution is -0.131. The Morgan fingerprint density at radius 3 is 2.55 bits per heavy atom. The van der Waals surface area contributed by atoms with Crippen molar-refractivity contribution in [2.45, 2.75) is 37.9 Å². The van der Waals surface area contributed by atoms with E-state index in [9.17, 15) is 9.59 Å². The first-order chi connectivity index (χ1) is 16.1. The molecule has 2 aromatic rings. The molecule has 9 heteroatoms. The van der Waals surface area contributed by atoms with Gasteiger partial charge in [-0.05, 0) is 37.1 Å². The zero-order chi connectivity index (χ0) is 22.7. The van der Waals surface area contributed by atoms with Crippen LogP contribution in [-0.4, -0.2) is 60.3 Å². The SMILES string of the molecule is O=C(NCCC(=O)N1CCN(c2ccccn2)CC1)Nc1ccc2c(c1)OC1(CCCC1)O2. The molecular weight excluding hydrogens is 422 g/mol. The van der Waals surface area contributed by atoms with E-state index in [0.717, 1.165) is 50.3 Å². The smallest absolute Gasteiger partial charge is 0.319 e. The number of carbonyl (C=O) groups excluding carboxylic acids is 2. The lowest BCUT2D eigenvalue weighted by Gasteiger charge is -2.35. The van der Waals surface area contributed by atoms with Gasteiger partial charge in [0.25, 0.3) is 5.79 Å². The molecule has 0 atom stereocenters. The molecule has 1 aromatic carbocycles. The molecule has 33 heavy (non-hydrogen) atoms.